The van der Waals surface area contributed by atoms with Gasteiger partial charge in [-0.1, -0.05) is 38.2 Å². The molecule has 0 spiro atoms. The Kier molecular flexibility index (Phi) is 4.90. The summed E-state index contributed by atoms with van der Waals surface area (Å²) in [5, 5.41) is 0.961. The molecule has 0 saturated heterocycles. The first-order valence-electron chi connectivity index (χ1n) is 6.90. The zero-order valence-electron chi connectivity index (χ0n) is 11.9. The van der Waals surface area contributed by atoms with E-state index in [9.17, 15) is 0 Å². The third kappa shape index (κ3) is 3.45. The molecule has 3 nitrogen and oxygen atoms in total. The molecule has 0 aliphatic rings. The van der Waals surface area contributed by atoms with Gasteiger partial charge in [-0.25, -0.2) is 0 Å². The van der Waals surface area contributed by atoms with E-state index in [4.69, 9.17) is 22.7 Å². The zero-order valence-corrected chi connectivity index (χ0v) is 12.7. The van der Waals surface area contributed by atoms with Crippen molar-refractivity contribution in [2.24, 2.45) is 11.7 Å². The summed E-state index contributed by atoms with van der Waals surface area (Å²) in [6.45, 7) is 5.09. The number of nitrogens with two attached hydrogens (primary N) is 1. The Morgan fingerprint density at radius 2 is 2.10 bits per heavy atom. The van der Waals surface area contributed by atoms with E-state index >= 15 is 0 Å². The molecule has 0 amide bonds. The second-order valence-electron chi connectivity index (χ2n) is 5.27. The molecule has 0 radical (unpaired) electrons. The summed E-state index contributed by atoms with van der Waals surface area (Å²) < 4.78 is 5.95. The van der Waals surface area contributed by atoms with Gasteiger partial charge in [0, 0.05) is 11.6 Å². The monoisotopic (exact) mass is 288 g/mol. The molecule has 0 fully saturated rings. The van der Waals surface area contributed by atoms with Crippen LogP contribution in [0.4, 0.5) is 0 Å². The lowest BCUT2D eigenvalue weighted by Crippen LogP contribution is -2.13. The number of para-hydroxylation sites is 1. The van der Waals surface area contributed by atoms with Gasteiger partial charge in [0.25, 0.3) is 0 Å². The molecule has 0 unspecified atom stereocenters. The molecular formula is C16H20N2OS. The topological polar surface area (TPSA) is 48.1 Å². The van der Waals surface area contributed by atoms with Crippen molar-refractivity contribution in [2.45, 2.75) is 26.7 Å². The highest BCUT2D eigenvalue weighted by molar-refractivity contribution is 7.80. The summed E-state index contributed by atoms with van der Waals surface area (Å²) in [6.07, 6.45) is 3.86. The van der Waals surface area contributed by atoms with Crippen molar-refractivity contribution in [3.8, 4) is 5.75 Å². The van der Waals surface area contributed by atoms with E-state index in [-0.39, 0.29) is 0 Å². The minimum absolute atomic E-state index is 0.321. The number of rotatable bonds is 6. The maximum Gasteiger partial charge on any atom is 0.140 e. The van der Waals surface area contributed by atoms with Crippen molar-refractivity contribution in [3.63, 3.8) is 0 Å². The molecule has 20 heavy (non-hydrogen) atoms. The second-order valence-corrected chi connectivity index (χ2v) is 5.71. The van der Waals surface area contributed by atoms with Crippen LogP contribution in [0.3, 0.4) is 0 Å². The fourth-order valence-electron chi connectivity index (χ4n) is 2.11. The van der Waals surface area contributed by atoms with E-state index in [0.29, 0.717) is 23.1 Å². The number of benzene rings is 1. The van der Waals surface area contributed by atoms with Gasteiger partial charge in [-0.3, -0.25) is 4.98 Å². The Morgan fingerprint density at radius 1 is 1.35 bits per heavy atom. The third-order valence-electron chi connectivity index (χ3n) is 3.16. The smallest absolute Gasteiger partial charge is 0.140 e. The summed E-state index contributed by atoms with van der Waals surface area (Å²) in [6, 6.07) is 7.87. The molecule has 2 aromatic rings. The van der Waals surface area contributed by atoms with Crippen molar-refractivity contribution in [1.82, 2.24) is 4.98 Å². The molecule has 4 heteroatoms. The number of thiocarbonyl (C=S) groups is 1. The van der Waals surface area contributed by atoms with Crippen LogP contribution in [0, 0.1) is 5.92 Å². The molecule has 1 heterocycles. The minimum atomic E-state index is 0.321. The van der Waals surface area contributed by atoms with Gasteiger partial charge in [0.1, 0.15) is 10.7 Å². The van der Waals surface area contributed by atoms with Crippen molar-refractivity contribution in [2.75, 3.05) is 6.61 Å². The van der Waals surface area contributed by atoms with Gasteiger partial charge in [-0.05, 0) is 30.9 Å². The second kappa shape index (κ2) is 6.66. The standard InChI is InChI=1S/C16H20N2OS/c1-11(2)6-5-9-19-15-12-7-3-4-8-14(12)18-10-13(15)16(17)20/h3-4,7-8,10-11H,5-6,9H2,1-2H3,(H2,17,20). The average molecular weight is 288 g/mol. The van der Waals surface area contributed by atoms with Gasteiger partial charge in [-0.2, -0.15) is 0 Å². The molecule has 0 atom stereocenters. The van der Waals surface area contributed by atoms with E-state index in [0.717, 1.165) is 29.5 Å². The number of hydrogen-bond donors (Lipinski definition) is 1. The van der Waals surface area contributed by atoms with Crippen LogP contribution in [0.5, 0.6) is 5.75 Å². The van der Waals surface area contributed by atoms with E-state index in [2.05, 4.69) is 18.8 Å². The predicted molar refractivity (Wildman–Crippen MR) is 87.2 cm³/mol. The van der Waals surface area contributed by atoms with Crippen LogP contribution in [0.1, 0.15) is 32.3 Å². The Morgan fingerprint density at radius 3 is 2.80 bits per heavy atom. The summed E-state index contributed by atoms with van der Waals surface area (Å²) in [5.41, 5.74) is 7.38. The summed E-state index contributed by atoms with van der Waals surface area (Å²) in [7, 11) is 0. The summed E-state index contributed by atoms with van der Waals surface area (Å²) >= 11 is 5.09. The van der Waals surface area contributed by atoms with Crippen LogP contribution in [0.15, 0.2) is 30.5 Å². The van der Waals surface area contributed by atoms with Crippen molar-refractivity contribution in [3.05, 3.63) is 36.0 Å². The Labute approximate surface area is 125 Å². The van der Waals surface area contributed by atoms with Crippen LogP contribution in [-0.2, 0) is 0 Å². The van der Waals surface area contributed by atoms with E-state index in [1.165, 1.54) is 0 Å². The number of ether oxygens (including phenoxy) is 1. The summed E-state index contributed by atoms with van der Waals surface area (Å²) in [4.78, 5) is 4.69. The lowest BCUT2D eigenvalue weighted by Gasteiger charge is -2.13. The van der Waals surface area contributed by atoms with Gasteiger partial charge < -0.3 is 10.5 Å². The third-order valence-corrected chi connectivity index (χ3v) is 3.38. The Bertz CT molecular complexity index is 610. The van der Waals surface area contributed by atoms with Gasteiger partial charge >= 0.3 is 0 Å². The molecule has 2 rings (SSSR count). The summed E-state index contributed by atoms with van der Waals surface area (Å²) in [5.74, 6) is 1.44. The molecule has 0 saturated carbocycles. The quantitative estimate of drug-likeness (QED) is 0.650. The Hall–Kier alpha value is -1.68. The van der Waals surface area contributed by atoms with Crippen LogP contribution in [0.25, 0.3) is 10.9 Å². The van der Waals surface area contributed by atoms with E-state index < -0.39 is 0 Å². The van der Waals surface area contributed by atoms with Gasteiger partial charge in [0.2, 0.25) is 0 Å². The highest BCUT2D eigenvalue weighted by Crippen LogP contribution is 2.28. The minimum Gasteiger partial charge on any atom is -0.492 e. The van der Waals surface area contributed by atoms with Gasteiger partial charge in [-0.15, -0.1) is 0 Å². The lowest BCUT2D eigenvalue weighted by molar-refractivity contribution is 0.300. The normalized spacial score (nSPS) is 10.9. The van der Waals surface area contributed by atoms with Crippen LogP contribution in [-0.4, -0.2) is 16.6 Å². The first-order chi connectivity index (χ1) is 9.59. The molecule has 106 valence electrons. The fourth-order valence-corrected chi connectivity index (χ4v) is 2.26. The van der Waals surface area contributed by atoms with Gasteiger partial charge in [0.15, 0.2) is 0 Å². The highest BCUT2D eigenvalue weighted by Gasteiger charge is 2.12. The van der Waals surface area contributed by atoms with Crippen molar-refractivity contribution >= 4 is 28.1 Å². The SMILES string of the molecule is CC(C)CCCOc1c(C(N)=S)cnc2ccccc12. The van der Waals surface area contributed by atoms with E-state index in [1.807, 2.05) is 24.3 Å². The molecule has 1 aromatic heterocycles. The number of aromatic nitrogens is 1. The van der Waals surface area contributed by atoms with Crippen LogP contribution in [0.2, 0.25) is 0 Å². The van der Waals surface area contributed by atoms with Crippen molar-refractivity contribution < 1.29 is 4.74 Å². The zero-order chi connectivity index (χ0) is 14.5. The molecule has 0 aliphatic heterocycles. The molecule has 0 bridgehead atoms. The Balaban J connectivity index is 2.28. The maximum absolute atomic E-state index is 5.95. The molecule has 2 N–H and O–H groups in total. The molecule has 1 aromatic carbocycles. The van der Waals surface area contributed by atoms with Crippen LogP contribution >= 0.6 is 12.2 Å². The fraction of sp³-hybridized carbons (Fsp3) is 0.375. The molecule has 0 aliphatic carbocycles. The van der Waals surface area contributed by atoms with Crippen molar-refractivity contribution in [1.29, 1.82) is 0 Å². The van der Waals surface area contributed by atoms with E-state index in [1.54, 1.807) is 6.20 Å². The highest BCUT2D eigenvalue weighted by atomic mass is 32.1. The number of hydrogen-bond acceptors (Lipinski definition) is 3. The average Bonchev–Trinajstić information content (AvgIpc) is 2.42. The van der Waals surface area contributed by atoms with Gasteiger partial charge in [0.05, 0.1) is 17.7 Å². The van der Waals surface area contributed by atoms with Crippen LogP contribution < -0.4 is 10.5 Å². The number of nitrogens with zero attached hydrogens (tertiary/aromatic N) is 1. The number of pyridine rings is 1. The first kappa shape index (κ1) is 14.7. The number of fused-ring (bicyclic) bond motifs is 1. The molecular weight excluding hydrogens is 268 g/mol. The lowest BCUT2D eigenvalue weighted by atomic mass is 10.1. The maximum atomic E-state index is 5.95. The first-order valence-corrected chi connectivity index (χ1v) is 7.30. The predicted octanol–water partition coefficient (Wildman–Crippen LogP) is 3.68. The largest absolute Gasteiger partial charge is 0.492 e.